The van der Waals surface area contributed by atoms with Crippen LogP contribution in [0.5, 0.6) is 0 Å². The van der Waals surface area contributed by atoms with E-state index in [4.69, 9.17) is 0 Å². The molecule has 0 aromatic heterocycles. The van der Waals surface area contributed by atoms with Gasteiger partial charge in [-0.05, 0) is 45.4 Å². The number of amides is 2. The molecule has 0 spiro atoms. The van der Waals surface area contributed by atoms with Crippen molar-refractivity contribution in [2.24, 2.45) is 5.92 Å². The maximum atomic E-state index is 11.2. The van der Waals surface area contributed by atoms with Crippen LogP contribution in [0.3, 0.4) is 0 Å². The molecule has 17 heavy (non-hydrogen) atoms. The molecule has 1 aliphatic rings. The third kappa shape index (κ3) is 5.89. The molecule has 0 saturated carbocycles. The largest absolute Gasteiger partial charge is 0.337 e. The zero-order valence-corrected chi connectivity index (χ0v) is 11.3. The van der Waals surface area contributed by atoms with Crippen molar-refractivity contribution in [3.8, 4) is 0 Å². The Hall–Kier alpha value is -0.810. The van der Waals surface area contributed by atoms with Crippen LogP contribution in [0, 0.1) is 5.92 Å². The Balaban J connectivity index is 1.96. The van der Waals surface area contributed by atoms with Gasteiger partial charge in [0.05, 0.1) is 0 Å². The molecule has 0 bridgehead atoms. The highest BCUT2D eigenvalue weighted by molar-refractivity contribution is 5.73. The van der Waals surface area contributed by atoms with Gasteiger partial charge in [-0.25, -0.2) is 4.79 Å². The number of hydrogen-bond acceptors (Lipinski definition) is 3. The number of nitrogens with zero attached hydrogens (tertiary/aromatic N) is 2. The van der Waals surface area contributed by atoms with Crippen molar-refractivity contribution < 1.29 is 4.79 Å². The molecule has 0 radical (unpaired) electrons. The van der Waals surface area contributed by atoms with E-state index in [1.165, 1.54) is 25.9 Å². The van der Waals surface area contributed by atoms with Crippen LogP contribution >= 0.6 is 0 Å². The van der Waals surface area contributed by atoms with E-state index in [1.807, 2.05) is 0 Å². The molecule has 1 heterocycles. The molecule has 0 unspecified atom stereocenters. The minimum absolute atomic E-state index is 0.0221. The summed E-state index contributed by atoms with van der Waals surface area (Å²) in [4.78, 5) is 15.2. The minimum atomic E-state index is -0.0221. The lowest BCUT2D eigenvalue weighted by molar-refractivity contribution is 0.213. The number of urea groups is 1. The van der Waals surface area contributed by atoms with Crippen molar-refractivity contribution in [2.75, 3.05) is 53.9 Å². The molecule has 100 valence electrons. The molecule has 0 aliphatic carbocycles. The molecule has 1 aliphatic heterocycles. The zero-order chi connectivity index (χ0) is 12.7. The Labute approximate surface area is 105 Å². The molecule has 0 atom stereocenters. The molecule has 0 aromatic rings. The lowest BCUT2D eigenvalue weighted by Gasteiger charge is -2.29. The zero-order valence-electron chi connectivity index (χ0n) is 11.3. The first-order chi connectivity index (χ1) is 8.09. The Bertz CT molecular complexity index is 225. The van der Waals surface area contributed by atoms with Crippen LogP contribution in [0.2, 0.25) is 0 Å². The van der Waals surface area contributed by atoms with Crippen molar-refractivity contribution in [1.29, 1.82) is 0 Å². The van der Waals surface area contributed by atoms with E-state index in [-0.39, 0.29) is 6.03 Å². The predicted octanol–water partition coefficient (Wildman–Crippen LogP) is 0.189. The van der Waals surface area contributed by atoms with Crippen molar-refractivity contribution in [3.63, 3.8) is 0 Å². The monoisotopic (exact) mass is 242 g/mol. The van der Waals surface area contributed by atoms with Crippen LogP contribution in [0.4, 0.5) is 4.79 Å². The van der Waals surface area contributed by atoms with Gasteiger partial charge in [0.15, 0.2) is 0 Å². The first-order valence-electron chi connectivity index (χ1n) is 6.44. The first-order valence-corrected chi connectivity index (χ1v) is 6.44. The van der Waals surface area contributed by atoms with Gasteiger partial charge in [0.1, 0.15) is 0 Å². The third-order valence-electron chi connectivity index (χ3n) is 3.26. The second kappa shape index (κ2) is 7.50. The summed E-state index contributed by atoms with van der Waals surface area (Å²) in [6, 6.07) is -0.0221. The number of likely N-dealkylation sites (tertiary alicyclic amines) is 1. The van der Waals surface area contributed by atoms with E-state index >= 15 is 0 Å². The highest BCUT2D eigenvalue weighted by Crippen LogP contribution is 2.14. The average molecular weight is 242 g/mol. The highest BCUT2D eigenvalue weighted by atomic mass is 16.2. The number of hydrogen-bond donors (Lipinski definition) is 2. The Morgan fingerprint density at radius 1 is 1.29 bits per heavy atom. The van der Waals surface area contributed by atoms with Crippen molar-refractivity contribution >= 4 is 6.03 Å². The number of carbonyl (C=O) groups is 1. The van der Waals surface area contributed by atoms with Gasteiger partial charge < -0.3 is 20.4 Å². The molecule has 2 N–H and O–H groups in total. The van der Waals surface area contributed by atoms with Gasteiger partial charge in [-0.3, -0.25) is 0 Å². The van der Waals surface area contributed by atoms with Crippen LogP contribution in [0.15, 0.2) is 0 Å². The smallest absolute Gasteiger partial charge is 0.316 e. The number of piperidine rings is 1. The fourth-order valence-electron chi connectivity index (χ4n) is 1.99. The normalized spacial score (nSPS) is 18.1. The van der Waals surface area contributed by atoms with Gasteiger partial charge >= 0.3 is 6.03 Å². The first kappa shape index (κ1) is 14.3. The van der Waals surface area contributed by atoms with Crippen LogP contribution in [-0.2, 0) is 0 Å². The Morgan fingerprint density at radius 3 is 2.53 bits per heavy atom. The predicted molar refractivity (Wildman–Crippen MR) is 70.2 cm³/mol. The topological polar surface area (TPSA) is 47.6 Å². The Morgan fingerprint density at radius 2 is 1.94 bits per heavy atom. The van der Waals surface area contributed by atoms with Crippen molar-refractivity contribution in [2.45, 2.75) is 12.8 Å². The average Bonchev–Trinajstić information content (AvgIpc) is 2.30. The van der Waals surface area contributed by atoms with Crippen LogP contribution in [-0.4, -0.2) is 69.7 Å². The van der Waals surface area contributed by atoms with Gasteiger partial charge in [0.2, 0.25) is 0 Å². The summed E-state index contributed by atoms with van der Waals surface area (Å²) >= 11 is 0. The maximum absolute atomic E-state index is 11.2. The molecular formula is C12H26N4O. The number of rotatable bonds is 5. The van der Waals surface area contributed by atoms with Crippen molar-refractivity contribution in [3.05, 3.63) is 0 Å². The fourth-order valence-corrected chi connectivity index (χ4v) is 1.99. The van der Waals surface area contributed by atoms with E-state index in [0.29, 0.717) is 6.54 Å². The standard InChI is InChI=1S/C12H26N4O/c1-15(2)12(17)14-7-6-13-10-11-4-8-16(3)9-5-11/h11,13H,4-10H2,1-3H3,(H,14,17). The van der Waals surface area contributed by atoms with Crippen LogP contribution in [0.1, 0.15) is 12.8 Å². The van der Waals surface area contributed by atoms with Gasteiger partial charge in [0.25, 0.3) is 0 Å². The lowest BCUT2D eigenvalue weighted by atomic mass is 9.97. The highest BCUT2D eigenvalue weighted by Gasteiger charge is 2.15. The molecule has 0 aromatic carbocycles. The molecule has 1 saturated heterocycles. The molecular weight excluding hydrogens is 216 g/mol. The van der Waals surface area contributed by atoms with E-state index in [9.17, 15) is 4.79 Å². The molecule has 1 fully saturated rings. The minimum Gasteiger partial charge on any atom is -0.337 e. The molecule has 2 amide bonds. The fraction of sp³-hybridized carbons (Fsp3) is 0.917. The van der Waals surface area contributed by atoms with E-state index < -0.39 is 0 Å². The maximum Gasteiger partial charge on any atom is 0.316 e. The lowest BCUT2D eigenvalue weighted by Crippen LogP contribution is -2.40. The van der Waals surface area contributed by atoms with E-state index in [2.05, 4.69) is 22.6 Å². The van der Waals surface area contributed by atoms with Crippen molar-refractivity contribution in [1.82, 2.24) is 20.4 Å². The third-order valence-corrected chi connectivity index (χ3v) is 3.26. The quantitative estimate of drug-likeness (QED) is 0.677. The summed E-state index contributed by atoms with van der Waals surface area (Å²) in [6.07, 6.45) is 2.57. The number of nitrogens with one attached hydrogen (secondary N) is 2. The second-order valence-electron chi connectivity index (χ2n) is 5.08. The summed E-state index contributed by atoms with van der Waals surface area (Å²) < 4.78 is 0. The second-order valence-corrected chi connectivity index (χ2v) is 5.08. The SMILES string of the molecule is CN1CCC(CNCCNC(=O)N(C)C)CC1. The number of carbonyl (C=O) groups excluding carboxylic acids is 1. The molecule has 1 rings (SSSR count). The van der Waals surface area contributed by atoms with Crippen LogP contribution in [0.25, 0.3) is 0 Å². The summed E-state index contributed by atoms with van der Waals surface area (Å²) in [5.74, 6) is 0.802. The summed E-state index contributed by atoms with van der Waals surface area (Å²) in [6.45, 7) is 5.05. The summed E-state index contributed by atoms with van der Waals surface area (Å²) in [5, 5.41) is 6.26. The Kier molecular flexibility index (Phi) is 6.29. The van der Waals surface area contributed by atoms with E-state index in [1.54, 1.807) is 19.0 Å². The summed E-state index contributed by atoms with van der Waals surface area (Å²) in [7, 11) is 5.68. The van der Waals surface area contributed by atoms with Gasteiger partial charge in [-0.1, -0.05) is 0 Å². The van der Waals surface area contributed by atoms with Gasteiger partial charge in [-0.15, -0.1) is 0 Å². The van der Waals surface area contributed by atoms with E-state index in [0.717, 1.165) is 19.0 Å². The molecule has 5 nitrogen and oxygen atoms in total. The van der Waals surface area contributed by atoms with Crippen LogP contribution < -0.4 is 10.6 Å². The van der Waals surface area contributed by atoms with Gasteiger partial charge in [0, 0.05) is 27.2 Å². The summed E-state index contributed by atoms with van der Waals surface area (Å²) in [5.41, 5.74) is 0. The van der Waals surface area contributed by atoms with Gasteiger partial charge in [-0.2, -0.15) is 0 Å². The molecule has 5 heteroatoms.